The number of anilines is 2. The lowest BCUT2D eigenvalue weighted by molar-refractivity contribution is 0.0853. The number of hydrogen-bond acceptors (Lipinski definition) is 6. The summed E-state index contributed by atoms with van der Waals surface area (Å²) in [6.07, 6.45) is 2.11. The summed E-state index contributed by atoms with van der Waals surface area (Å²) < 4.78 is 5.46. The Balaban J connectivity index is 1.55. The molecule has 2 aromatic rings. The van der Waals surface area contributed by atoms with Gasteiger partial charge in [-0.2, -0.15) is 5.26 Å². The fraction of sp³-hybridized carbons (Fsp3) is 0.294. The molecule has 7 heteroatoms. The quantitative estimate of drug-likeness (QED) is 0.873. The lowest BCUT2D eigenvalue weighted by atomic mass is 10.2. The van der Waals surface area contributed by atoms with Crippen LogP contribution in [0.2, 0.25) is 0 Å². The minimum absolute atomic E-state index is 0.0965. The molecule has 2 N–H and O–H groups in total. The molecule has 1 saturated heterocycles. The van der Waals surface area contributed by atoms with Gasteiger partial charge >= 0.3 is 0 Å². The summed E-state index contributed by atoms with van der Waals surface area (Å²) >= 11 is 0. The van der Waals surface area contributed by atoms with Crippen LogP contribution in [0.5, 0.6) is 0 Å². The van der Waals surface area contributed by atoms with Crippen molar-refractivity contribution in [3.8, 4) is 6.07 Å². The van der Waals surface area contributed by atoms with Crippen LogP contribution in [0.25, 0.3) is 0 Å². The molecule has 1 amide bonds. The van der Waals surface area contributed by atoms with Gasteiger partial charge in [0.05, 0.1) is 17.7 Å². The Labute approximate surface area is 139 Å². The lowest BCUT2D eigenvalue weighted by Crippen LogP contribution is -2.32. The number of aromatic nitrogens is 2. The molecule has 0 bridgehead atoms. The number of carbonyl (C=O) groups is 1. The van der Waals surface area contributed by atoms with Crippen LogP contribution < -0.4 is 10.6 Å². The van der Waals surface area contributed by atoms with E-state index in [0.717, 1.165) is 25.1 Å². The summed E-state index contributed by atoms with van der Waals surface area (Å²) in [6.45, 7) is 1.25. The largest absolute Gasteiger partial charge is 0.376 e. The van der Waals surface area contributed by atoms with Gasteiger partial charge in [-0.1, -0.05) is 0 Å². The van der Waals surface area contributed by atoms with Gasteiger partial charge in [0.2, 0.25) is 0 Å². The number of rotatable bonds is 5. The average molecular weight is 323 g/mol. The zero-order valence-electron chi connectivity index (χ0n) is 13.0. The molecular formula is C17H17N5O2. The Morgan fingerprint density at radius 1 is 1.25 bits per heavy atom. The molecule has 24 heavy (non-hydrogen) atoms. The number of ether oxygens (including phenoxy) is 1. The third-order valence-electron chi connectivity index (χ3n) is 3.70. The van der Waals surface area contributed by atoms with E-state index in [-0.39, 0.29) is 17.7 Å². The van der Waals surface area contributed by atoms with Crippen LogP contribution in [0.1, 0.15) is 28.9 Å². The summed E-state index contributed by atoms with van der Waals surface area (Å²) in [5, 5.41) is 22.6. The van der Waals surface area contributed by atoms with Crippen molar-refractivity contribution in [3.63, 3.8) is 0 Å². The topological polar surface area (TPSA) is 99.9 Å². The standard InChI is InChI=1S/C17H17N5O2/c18-10-12-3-5-13(6-4-12)20-16-8-7-15(21-22-16)17(23)19-11-14-2-1-9-24-14/h3-8,14H,1-2,9,11H2,(H,19,23)(H,20,22). The Hall–Kier alpha value is -2.98. The predicted octanol–water partition coefficient (Wildman–Crippen LogP) is 2.00. The molecule has 1 aromatic heterocycles. The second kappa shape index (κ2) is 7.53. The minimum Gasteiger partial charge on any atom is -0.376 e. The van der Waals surface area contributed by atoms with E-state index < -0.39 is 0 Å². The van der Waals surface area contributed by atoms with Gasteiger partial charge in [-0.15, -0.1) is 10.2 Å². The number of nitriles is 1. The maximum Gasteiger partial charge on any atom is 0.271 e. The molecule has 122 valence electrons. The van der Waals surface area contributed by atoms with E-state index >= 15 is 0 Å². The molecule has 0 saturated carbocycles. The van der Waals surface area contributed by atoms with Gasteiger partial charge in [-0.3, -0.25) is 4.79 Å². The van der Waals surface area contributed by atoms with Gasteiger partial charge in [0, 0.05) is 18.8 Å². The fourth-order valence-electron chi connectivity index (χ4n) is 2.40. The molecule has 1 unspecified atom stereocenters. The monoisotopic (exact) mass is 323 g/mol. The molecule has 1 aliphatic rings. The molecule has 2 heterocycles. The summed E-state index contributed by atoms with van der Waals surface area (Å²) in [5.74, 6) is 0.262. The summed E-state index contributed by atoms with van der Waals surface area (Å²) in [4.78, 5) is 12.0. The zero-order valence-corrected chi connectivity index (χ0v) is 13.0. The SMILES string of the molecule is N#Cc1ccc(Nc2ccc(C(=O)NCC3CCCO3)nn2)cc1. The number of benzene rings is 1. The molecule has 0 spiro atoms. The third-order valence-corrected chi connectivity index (χ3v) is 3.70. The number of carbonyl (C=O) groups excluding carboxylic acids is 1. The van der Waals surface area contributed by atoms with Crippen LogP contribution in [0.15, 0.2) is 36.4 Å². The van der Waals surface area contributed by atoms with Crippen molar-refractivity contribution in [1.82, 2.24) is 15.5 Å². The zero-order chi connectivity index (χ0) is 16.8. The van der Waals surface area contributed by atoms with Crippen LogP contribution in [0, 0.1) is 11.3 Å². The summed E-state index contributed by atoms with van der Waals surface area (Å²) in [6, 6.07) is 12.3. The number of nitrogens with zero attached hydrogens (tertiary/aromatic N) is 3. The molecule has 1 atom stereocenters. The highest BCUT2D eigenvalue weighted by Gasteiger charge is 2.17. The van der Waals surface area contributed by atoms with Crippen LogP contribution in [-0.2, 0) is 4.74 Å². The van der Waals surface area contributed by atoms with Crippen LogP contribution >= 0.6 is 0 Å². The first-order valence-electron chi connectivity index (χ1n) is 7.75. The maximum absolute atomic E-state index is 12.0. The molecule has 1 aliphatic heterocycles. The minimum atomic E-state index is -0.261. The Bertz CT molecular complexity index is 731. The number of hydrogen-bond donors (Lipinski definition) is 2. The van der Waals surface area contributed by atoms with Gasteiger partial charge in [-0.25, -0.2) is 0 Å². The molecule has 1 aromatic carbocycles. The third kappa shape index (κ3) is 4.06. The molecule has 0 radical (unpaired) electrons. The molecular weight excluding hydrogens is 306 g/mol. The van der Waals surface area contributed by atoms with Crippen molar-refractivity contribution in [1.29, 1.82) is 5.26 Å². The van der Waals surface area contributed by atoms with E-state index in [1.807, 2.05) is 0 Å². The van der Waals surface area contributed by atoms with E-state index in [1.165, 1.54) is 0 Å². The van der Waals surface area contributed by atoms with Crippen molar-refractivity contribution >= 4 is 17.4 Å². The Kier molecular flexibility index (Phi) is 4.99. The van der Waals surface area contributed by atoms with E-state index in [0.29, 0.717) is 17.9 Å². The van der Waals surface area contributed by atoms with Crippen LogP contribution in [-0.4, -0.2) is 35.4 Å². The number of nitrogens with one attached hydrogen (secondary N) is 2. The predicted molar refractivity (Wildman–Crippen MR) is 87.8 cm³/mol. The van der Waals surface area contributed by atoms with Crippen molar-refractivity contribution in [2.75, 3.05) is 18.5 Å². The summed E-state index contributed by atoms with van der Waals surface area (Å²) in [7, 11) is 0. The highest BCUT2D eigenvalue weighted by atomic mass is 16.5. The molecule has 0 aliphatic carbocycles. The second-order valence-electron chi connectivity index (χ2n) is 5.46. The number of amides is 1. The van der Waals surface area contributed by atoms with Crippen molar-refractivity contribution in [3.05, 3.63) is 47.7 Å². The fourth-order valence-corrected chi connectivity index (χ4v) is 2.40. The Morgan fingerprint density at radius 3 is 2.71 bits per heavy atom. The smallest absolute Gasteiger partial charge is 0.271 e. The van der Waals surface area contributed by atoms with Crippen LogP contribution in [0.3, 0.4) is 0 Å². The highest BCUT2D eigenvalue weighted by molar-refractivity contribution is 5.92. The Morgan fingerprint density at radius 2 is 2.08 bits per heavy atom. The first-order chi connectivity index (χ1) is 11.7. The van der Waals surface area contributed by atoms with Gasteiger partial charge < -0.3 is 15.4 Å². The summed E-state index contributed by atoms with van der Waals surface area (Å²) in [5.41, 5.74) is 1.64. The normalized spacial score (nSPS) is 16.4. The van der Waals surface area contributed by atoms with Gasteiger partial charge in [0.1, 0.15) is 0 Å². The van der Waals surface area contributed by atoms with Gasteiger partial charge in [0.15, 0.2) is 11.5 Å². The molecule has 7 nitrogen and oxygen atoms in total. The highest BCUT2D eigenvalue weighted by Crippen LogP contribution is 2.15. The second-order valence-corrected chi connectivity index (χ2v) is 5.46. The van der Waals surface area contributed by atoms with Gasteiger partial charge in [-0.05, 0) is 49.2 Å². The maximum atomic E-state index is 12.0. The first kappa shape index (κ1) is 15.9. The lowest BCUT2D eigenvalue weighted by Gasteiger charge is -2.10. The van der Waals surface area contributed by atoms with Crippen LogP contribution in [0.4, 0.5) is 11.5 Å². The van der Waals surface area contributed by atoms with E-state index in [2.05, 4.69) is 26.9 Å². The average Bonchev–Trinajstić information content (AvgIpc) is 3.14. The van der Waals surface area contributed by atoms with Crippen molar-refractivity contribution in [2.24, 2.45) is 0 Å². The van der Waals surface area contributed by atoms with E-state index in [1.54, 1.807) is 36.4 Å². The first-order valence-corrected chi connectivity index (χ1v) is 7.75. The van der Waals surface area contributed by atoms with E-state index in [4.69, 9.17) is 10.00 Å². The molecule has 3 rings (SSSR count). The van der Waals surface area contributed by atoms with Crippen molar-refractivity contribution < 1.29 is 9.53 Å². The van der Waals surface area contributed by atoms with E-state index in [9.17, 15) is 4.79 Å². The van der Waals surface area contributed by atoms with Crippen molar-refractivity contribution in [2.45, 2.75) is 18.9 Å². The molecule has 1 fully saturated rings. The van der Waals surface area contributed by atoms with Gasteiger partial charge in [0.25, 0.3) is 5.91 Å².